The van der Waals surface area contributed by atoms with Gasteiger partial charge in [-0.05, 0) is 83.1 Å². The van der Waals surface area contributed by atoms with Crippen molar-refractivity contribution in [1.29, 1.82) is 0 Å². The smallest absolute Gasteiger partial charge is 0.573 e. The Morgan fingerprint density at radius 3 is 1.86 bits per heavy atom. The second-order valence-corrected chi connectivity index (χ2v) is 14.5. The molecule has 9 rings (SSSR count). The van der Waals surface area contributed by atoms with Gasteiger partial charge < -0.3 is 20.4 Å². The van der Waals surface area contributed by atoms with Gasteiger partial charge in [-0.15, -0.1) is 0 Å². The predicted molar refractivity (Wildman–Crippen MR) is 165 cm³/mol. The summed E-state index contributed by atoms with van der Waals surface area (Å²) in [7, 11) is 0. The number of hydrogen-bond acceptors (Lipinski definition) is 4. The molecular formula is C36H38N6Pt. The number of nitrogens with zero attached hydrogens (tertiary/aromatic N) is 6. The molecule has 5 aromatic rings. The van der Waals surface area contributed by atoms with E-state index < -0.39 is 0 Å². The summed E-state index contributed by atoms with van der Waals surface area (Å²) >= 11 is 0. The summed E-state index contributed by atoms with van der Waals surface area (Å²) in [5, 5.41) is 20.6. The van der Waals surface area contributed by atoms with E-state index in [2.05, 4.69) is 102 Å². The van der Waals surface area contributed by atoms with Crippen molar-refractivity contribution >= 4 is 10.8 Å². The second-order valence-electron chi connectivity index (χ2n) is 14.5. The van der Waals surface area contributed by atoms with Crippen LogP contribution in [-0.4, -0.2) is 20.2 Å². The van der Waals surface area contributed by atoms with E-state index in [-0.39, 0.29) is 42.7 Å². The number of benzene rings is 1. The maximum Gasteiger partial charge on any atom is 2.00 e. The largest absolute Gasteiger partial charge is 2.00 e. The molecule has 6 nitrogen and oxygen atoms in total. The maximum absolute atomic E-state index is 4.68. The Labute approximate surface area is 268 Å². The summed E-state index contributed by atoms with van der Waals surface area (Å²) in [5.41, 5.74) is 10.1. The van der Waals surface area contributed by atoms with E-state index in [1.54, 1.807) is 0 Å². The molecule has 43 heavy (non-hydrogen) atoms. The molecule has 4 aromatic heterocycles. The van der Waals surface area contributed by atoms with Gasteiger partial charge in [0.15, 0.2) is 0 Å². The van der Waals surface area contributed by atoms with E-state index in [9.17, 15) is 0 Å². The van der Waals surface area contributed by atoms with Crippen LogP contribution < -0.4 is 10.2 Å². The quantitative estimate of drug-likeness (QED) is 0.184. The van der Waals surface area contributed by atoms with Crippen LogP contribution >= 0.6 is 0 Å². The number of aromatic nitrogens is 6. The fourth-order valence-corrected chi connectivity index (χ4v) is 9.15. The van der Waals surface area contributed by atoms with Gasteiger partial charge in [0.1, 0.15) is 0 Å². The molecule has 2 fully saturated rings. The Kier molecular flexibility index (Phi) is 6.29. The molecular weight excluding hydrogens is 712 g/mol. The number of pyridine rings is 2. The first-order valence-electron chi connectivity index (χ1n) is 15.4. The molecule has 4 aliphatic carbocycles. The zero-order valence-electron chi connectivity index (χ0n) is 25.8. The summed E-state index contributed by atoms with van der Waals surface area (Å²) in [6, 6.07) is 16.5. The molecule has 4 unspecified atom stereocenters. The minimum absolute atomic E-state index is 0. The number of fused-ring (bicyclic) bond motifs is 11. The Bertz CT molecular complexity index is 1850. The minimum atomic E-state index is 0. The van der Waals surface area contributed by atoms with E-state index >= 15 is 0 Å². The van der Waals surface area contributed by atoms with Crippen LogP contribution in [0.15, 0.2) is 60.9 Å². The normalized spacial score (nSPS) is 28.2. The van der Waals surface area contributed by atoms with Crippen molar-refractivity contribution in [2.24, 2.45) is 10.8 Å². The monoisotopic (exact) mass is 749 g/mol. The molecule has 2 saturated carbocycles. The van der Waals surface area contributed by atoms with E-state index in [1.807, 2.05) is 30.6 Å². The Morgan fingerprint density at radius 1 is 0.651 bits per heavy atom. The van der Waals surface area contributed by atoms with Crippen molar-refractivity contribution in [3.63, 3.8) is 0 Å². The van der Waals surface area contributed by atoms with Gasteiger partial charge in [-0.1, -0.05) is 83.3 Å². The Hall–Kier alpha value is -3.11. The van der Waals surface area contributed by atoms with Crippen LogP contribution in [0, 0.1) is 10.8 Å². The first-order chi connectivity index (χ1) is 20.1. The first kappa shape index (κ1) is 28.6. The molecule has 4 bridgehead atoms. The molecule has 7 heteroatoms. The van der Waals surface area contributed by atoms with Crippen LogP contribution in [0.3, 0.4) is 0 Å². The molecule has 0 N–H and O–H groups in total. The first-order valence-corrected chi connectivity index (χ1v) is 15.4. The molecule has 0 saturated heterocycles. The molecule has 222 valence electrons. The van der Waals surface area contributed by atoms with E-state index in [0.29, 0.717) is 11.8 Å². The van der Waals surface area contributed by atoms with Crippen LogP contribution in [0.1, 0.15) is 102 Å². The molecule has 1 aromatic carbocycles. The van der Waals surface area contributed by atoms with Crippen LogP contribution in [0.2, 0.25) is 0 Å². The Balaban J connectivity index is 0.000000139. The topological polar surface area (TPSA) is 79.8 Å². The zero-order valence-corrected chi connectivity index (χ0v) is 28.0. The second kappa shape index (κ2) is 9.44. The third-order valence-corrected chi connectivity index (χ3v) is 12.5. The van der Waals surface area contributed by atoms with Crippen molar-refractivity contribution in [3.05, 3.63) is 83.4 Å². The molecule has 0 aliphatic heterocycles. The molecule has 0 spiro atoms. The summed E-state index contributed by atoms with van der Waals surface area (Å²) in [6.07, 6.45) is 8.66. The maximum atomic E-state index is 4.68. The van der Waals surface area contributed by atoms with Crippen LogP contribution in [0.5, 0.6) is 0 Å². The number of hydrogen-bond donors (Lipinski definition) is 0. The molecule has 4 heterocycles. The van der Waals surface area contributed by atoms with Crippen molar-refractivity contribution in [1.82, 2.24) is 30.4 Å². The van der Waals surface area contributed by atoms with E-state index in [1.165, 1.54) is 59.0 Å². The average molecular weight is 750 g/mol. The van der Waals surface area contributed by atoms with E-state index in [0.717, 1.165) is 22.8 Å². The zero-order chi connectivity index (χ0) is 29.1. The minimum Gasteiger partial charge on any atom is -0.573 e. The average Bonchev–Trinajstić information content (AvgIpc) is 3.78. The third kappa shape index (κ3) is 3.56. The van der Waals surface area contributed by atoms with Gasteiger partial charge in [-0.3, -0.25) is 9.97 Å². The number of rotatable bonds is 2. The van der Waals surface area contributed by atoms with E-state index in [4.69, 9.17) is 0 Å². The predicted octanol–water partition coefficient (Wildman–Crippen LogP) is 7.70. The van der Waals surface area contributed by atoms with Gasteiger partial charge in [0, 0.05) is 45.7 Å². The summed E-state index contributed by atoms with van der Waals surface area (Å²) in [6.45, 7) is 14.3. The third-order valence-electron chi connectivity index (χ3n) is 12.5. The summed E-state index contributed by atoms with van der Waals surface area (Å²) < 4.78 is 0. The fraction of sp³-hybridized carbons (Fsp3) is 0.444. The van der Waals surface area contributed by atoms with Gasteiger partial charge in [0.25, 0.3) is 0 Å². The van der Waals surface area contributed by atoms with Gasteiger partial charge in [-0.25, -0.2) is 0 Å². The summed E-state index contributed by atoms with van der Waals surface area (Å²) in [5.74, 6) is 1.13. The van der Waals surface area contributed by atoms with Crippen molar-refractivity contribution < 1.29 is 21.1 Å². The van der Waals surface area contributed by atoms with Crippen LogP contribution in [-0.2, 0) is 31.9 Å². The van der Waals surface area contributed by atoms with Gasteiger partial charge in [-0.2, -0.15) is 0 Å². The van der Waals surface area contributed by atoms with Crippen LogP contribution in [0.4, 0.5) is 0 Å². The molecule has 4 atom stereocenters. The van der Waals surface area contributed by atoms with Gasteiger partial charge >= 0.3 is 21.1 Å². The standard InChI is InChI=1S/C20H20N3.C16H18N3.Pt/c1-19(2)14-8-10-20(19,3)18-15(14)17(22-23-18)16-13-7-5-4-6-12(13)9-11-21-16;1-15(2)10-7-8-16(15,3)14-12(10)13(18-19-14)11-6-4-5-9-17-11;/h4-7,9,11,14H,8,10H2,1-3H3;4-6,9-10H,7-8H2,1-3H3;/q2*-1;+2. The SMILES string of the molecule is CC12CCC(c3c1n[n-]c3-c1ccccn1)C2(C)C.CC12CCC(c3c1n[n-]c3-c1nccc3ccccc13)C2(C)C.[Pt+2]. The van der Waals surface area contributed by atoms with Crippen LogP contribution in [0.25, 0.3) is 33.5 Å². The van der Waals surface area contributed by atoms with Crippen molar-refractivity contribution in [2.45, 2.75) is 89.9 Å². The molecule has 0 amide bonds. The fourth-order valence-electron chi connectivity index (χ4n) is 9.15. The summed E-state index contributed by atoms with van der Waals surface area (Å²) in [4.78, 5) is 9.13. The van der Waals surface area contributed by atoms with Gasteiger partial charge in [0.2, 0.25) is 0 Å². The van der Waals surface area contributed by atoms with Crippen molar-refractivity contribution in [2.75, 3.05) is 0 Å². The van der Waals surface area contributed by atoms with Gasteiger partial charge in [0.05, 0.1) is 5.69 Å². The molecule has 0 radical (unpaired) electrons. The van der Waals surface area contributed by atoms with Crippen molar-refractivity contribution in [3.8, 4) is 22.8 Å². The molecule has 4 aliphatic rings. The Morgan fingerprint density at radius 2 is 1.23 bits per heavy atom.